The molecule has 1 aromatic carbocycles. The molecule has 0 radical (unpaired) electrons. The van der Waals surface area contributed by atoms with Crippen LogP contribution < -0.4 is 9.64 Å². The molecule has 4 aliphatic heterocycles. The lowest BCUT2D eigenvalue weighted by Gasteiger charge is -2.50. The zero-order valence-electron chi connectivity index (χ0n) is 26.3. The van der Waals surface area contributed by atoms with Crippen LogP contribution in [0.15, 0.2) is 30.6 Å². The Morgan fingerprint density at radius 3 is 2.85 bits per heavy atom. The Labute approximate surface area is 267 Å². The highest BCUT2D eigenvalue weighted by atomic mass is 19.1. The standard InChI is InChI=1S/C34H40F3N7O2/c1-22(35)31(45)44-14-13-42(19-25(44)17-38-2)30-26-20-41(3)34(11-5-8-23-7-4-9-27(37)29(23)34)16-28(26)39-32(40-30)46-21-33-10-6-12-43(33)18-24(36)15-33/h4,7,9,24-25H,1,5-6,8,10-21H2,3H3/t24-,25+,33+,34?/m1/s1. The summed E-state index contributed by atoms with van der Waals surface area (Å²) in [4.78, 5) is 33.8. The Balaban J connectivity index is 1.27. The summed E-state index contributed by atoms with van der Waals surface area (Å²) in [5.74, 6) is -1.42. The van der Waals surface area contributed by atoms with Gasteiger partial charge in [-0.2, -0.15) is 9.97 Å². The van der Waals surface area contributed by atoms with Crippen LogP contribution in [-0.2, 0) is 29.7 Å². The average molecular weight is 636 g/mol. The third-order valence-corrected chi connectivity index (χ3v) is 11.0. The first-order chi connectivity index (χ1) is 22.1. The minimum absolute atomic E-state index is 0.00791. The predicted octanol–water partition coefficient (Wildman–Crippen LogP) is 4.21. The molecule has 12 heteroatoms. The molecular weight excluding hydrogens is 595 g/mol. The highest BCUT2D eigenvalue weighted by molar-refractivity contribution is 5.91. The van der Waals surface area contributed by atoms with Gasteiger partial charge in [0.2, 0.25) is 6.54 Å². The van der Waals surface area contributed by atoms with Crippen molar-refractivity contribution in [3.05, 3.63) is 70.2 Å². The number of aryl methyl sites for hydroxylation is 1. The second-order valence-electron chi connectivity index (χ2n) is 13.7. The Morgan fingerprint density at radius 2 is 2.04 bits per heavy atom. The largest absolute Gasteiger partial charge is 0.461 e. The van der Waals surface area contributed by atoms with Gasteiger partial charge < -0.3 is 19.4 Å². The Morgan fingerprint density at radius 1 is 1.20 bits per heavy atom. The smallest absolute Gasteiger partial charge is 0.318 e. The summed E-state index contributed by atoms with van der Waals surface area (Å²) in [6, 6.07) is 4.96. The molecule has 2 aromatic rings. The molecule has 9 nitrogen and oxygen atoms in total. The monoisotopic (exact) mass is 635 g/mol. The van der Waals surface area contributed by atoms with E-state index in [1.54, 1.807) is 6.07 Å². The van der Waals surface area contributed by atoms with E-state index in [4.69, 9.17) is 21.3 Å². The van der Waals surface area contributed by atoms with Crippen molar-refractivity contribution in [2.75, 3.05) is 57.8 Å². The van der Waals surface area contributed by atoms with Gasteiger partial charge in [0.05, 0.1) is 16.8 Å². The van der Waals surface area contributed by atoms with E-state index >= 15 is 4.39 Å². The van der Waals surface area contributed by atoms with E-state index in [-0.39, 0.29) is 43.6 Å². The number of piperazine rings is 1. The number of likely N-dealkylation sites (N-methyl/N-ethyl adjacent to an activating group) is 1. The second-order valence-corrected chi connectivity index (χ2v) is 13.7. The van der Waals surface area contributed by atoms with Crippen LogP contribution in [-0.4, -0.2) is 101 Å². The molecule has 5 heterocycles. The van der Waals surface area contributed by atoms with E-state index in [0.717, 1.165) is 61.0 Å². The van der Waals surface area contributed by atoms with Gasteiger partial charge in [-0.05, 0) is 57.3 Å². The number of halogens is 3. The lowest BCUT2D eigenvalue weighted by Crippen LogP contribution is -2.57. The third-order valence-electron chi connectivity index (χ3n) is 11.0. The molecule has 3 saturated heterocycles. The van der Waals surface area contributed by atoms with Gasteiger partial charge in [-0.25, -0.2) is 19.7 Å². The Hall–Kier alpha value is -3.69. The summed E-state index contributed by atoms with van der Waals surface area (Å²) in [6.07, 6.45) is 4.37. The SMILES string of the molecule is [C-]#[N+]C[C@H]1CN(c2nc(OC[C@@]34CCCN3C[C@H](F)C4)nc3c2CN(C)C2(CCCc4cccc(F)c42)C3)CCN1C(=O)C(=C)F. The maximum absolute atomic E-state index is 15.6. The normalized spacial score (nSPS) is 29.3. The molecule has 5 aliphatic rings. The van der Waals surface area contributed by atoms with Crippen LogP contribution in [0.3, 0.4) is 0 Å². The number of carbonyl (C=O) groups excluding carboxylic acids is 1. The topological polar surface area (TPSA) is 69.4 Å². The number of amides is 1. The molecule has 0 bridgehead atoms. The molecule has 4 atom stereocenters. The number of hydrogen-bond acceptors (Lipinski definition) is 7. The molecule has 1 aliphatic carbocycles. The van der Waals surface area contributed by atoms with E-state index in [1.807, 2.05) is 18.0 Å². The quantitative estimate of drug-likeness (QED) is 0.348. The fourth-order valence-corrected chi connectivity index (χ4v) is 8.86. The van der Waals surface area contributed by atoms with Gasteiger partial charge in [-0.15, -0.1) is 0 Å². The van der Waals surface area contributed by atoms with Gasteiger partial charge in [0.1, 0.15) is 30.5 Å². The summed E-state index contributed by atoms with van der Waals surface area (Å²) >= 11 is 0. The van der Waals surface area contributed by atoms with Crippen LogP contribution in [0.4, 0.5) is 19.0 Å². The first kappa shape index (κ1) is 30.9. The first-order valence-corrected chi connectivity index (χ1v) is 16.3. The molecule has 46 heavy (non-hydrogen) atoms. The van der Waals surface area contributed by atoms with Crippen molar-refractivity contribution in [1.29, 1.82) is 0 Å². The minimum Gasteiger partial charge on any atom is -0.461 e. The lowest BCUT2D eigenvalue weighted by molar-refractivity contribution is -0.131. The van der Waals surface area contributed by atoms with E-state index in [0.29, 0.717) is 38.3 Å². The first-order valence-electron chi connectivity index (χ1n) is 16.3. The van der Waals surface area contributed by atoms with E-state index < -0.39 is 29.5 Å². The van der Waals surface area contributed by atoms with Gasteiger partial charge in [0, 0.05) is 56.7 Å². The maximum Gasteiger partial charge on any atom is 0.318 e. The molecular formula is C34H40F3N7O2. The molecule has 1 unspecified atom stereocenters. The van der Waals surface area contributed by atoms with Crippen LogP contribution in [0.1, 0.15) is 54.5 Å². The van der Waals surface area contributed by atoms with Crippen molar-refractivity contribution in [3.8, 4) is 6.01 Å². The number of aromatic nitrogens is 2. The number of anilines is 1. The van der Waals surface area contributed by atoms with Crippen molar-refractivity contribution in [1.82, 2.24) is 24.7 Å². The molecule has 0 N–H and O–H groups in total. The van der Waals surface area contributed by atoms with Gasteiger partial charge in [0.25, 0.3) is 5.91 Å². The fraction of sp³-hybridized carbons (Fsp3) is 0.588. The molecule has 7 rings (SSSR count). The zero-order valence-corrected chi connectivity index (χ0v) is 26.3. The Bertz CT molecular complexity index is 1600. The van der Waals surface area contributed by atoms with Crippen LogP contribution in [0.2, 0.25) is 0 Å². The number of ether oxygens (including phenoxy) is 1. The number of benzene rings is 1. The summed E-state index contributed by atoms with van der Waals surface area (Å²) in [5, 5.41) is 0. The highest BCUT2D eigenvalue weighted by Crippen LogP contribution is 2.48. The Kier molecular flexibility index (Phi) is 7.96. The molecule has 1 spiro atoms. The number of rotatable bonds is 6. The number of alkyl halides is 1. The van der Waals surface area contributed by atoms with E-state index in [9.17, 15) is 13.6 Å². The summed E-state index contributed by atoms with van der Waals surface area (Å²) in [6.45, 7) is 13.5. The zero-order chi connectivity index (χ0) is 32.2. The summed E-state index contributed by atoms with van der Waals surface area (Å²) < 4.78 is 50.4. The highest BCUT2D eigenvalue weighted by Gasteiger charge is 2.50. The van der Waals surface area contributed by atoms with Crippen molar-refractivity contribution in [2.24, 2.45) is 0 Å². The number of carbonyl (C=O) groups is 1. The molecule has 244 valence electrons. The van der Waals surface area contributed by atoms with Crippen LogP contribution in [0.5, 0.6) is 6.01 Å². The molecule has 1 amide bonds. The van der Waals surface area contributed by atoms with E-state index in [1.165, 1.54) is 11.0 Å². The van der Waals surface area contributed by atoms with Crippen LogP contribution in [0.25, 0.3) is 4.85 Å². The number of nitrogens with zero attached hydrogens (tertiary/aromatic N) is 7. The third kappa shape index (κ3) is 5.12. The summed E-state index contributed by atoms with van der Waals surface area (Å²) in [7, 11) is 2.02. The second kappa shape index (κ2) is 11.8. The van der Waals surface area contributed by atoms with Gasteiger partial charge in [0.15, 0.2) is 5.83 Å². The van der Waals surface area contributed by atoms with Gasteiger partial charge >= 0.3 is 6.01 Å². The minimum atomic E-state index is -1.05. The van der Waals surface area contributed by atoms with E-state index in [2.05, 4.69) is 21.2 Å². The number of fused-ring (bicyclic) bond motifs is 4. The average Bonchev–Trinajstić information content (AvgIpc) is 3.56. The van der Waals surface area contributed by atoms with Crippen molar-refractivity contribution >= 4 is 11.7 Å². The van der Waals surface area contributed by atoms with Crippen LogP contribution in [0, 0.1) is 12.4 Å². The molecule has 0 saturated carbocycles. The molecule has 1 aromatic heterocycles. The predicted molar refractivity (Wildman–Crippen MR) is 166 cm³/mol. The maximum atomic E-state index is 15.6. The van der Waals surface area contributed by atoms with Crippen molar-refractivity contribution in [3.63, 3.8) is 0 Å². The fourth-order valence-electron chi connectivity index (χ4n) is 8.86. The van der Waals surface area contributed by atoms with Gasteiger partial charge in [-0.1, -0.05) is 18.7 Å². The van der Waals surface area contributed by atoms with Gasteiger partial charge in [-0.3, -0.25) is 14.6 Å². The van der Waals surface area contributed by atoms with Crippen molar-refractivity contribution in [2.45, 2.75) is 74.8 Å². The van der Waals surface area contributed by atoms with Crippen LogP contribution >= 0.6 is 0 Å². The molecule has 3 fully saturated rings. The number of hydrogen-bond donors (Lipinski definition) is 0. The lowest BCUT2D eigenvalue weighted by atomic mass is 9.70. The van der Waals surface area contributed by atoms with Crippen molar-refractivity contribution < 1.29 is 22.7 Å². The summed E-state index contributed by atoms with van der Waals surface area (Å²) in [5.41, 5.74) is 2.46.